The van der Waals surface area contributed by atoms with Gasteiger partial charge in [-0.3, -0.25) is 14.7 Å². The fraction of sp³-hybridized carbons (Fsp3) is 0.474. The van der Waals surface area contributed by atoms with Gasteiger partial charge in [-0.25, -0.2) is 8.78 Å². The molecule has 2 aromatic carbocycles. The Balaban J connectivity index is 1.29. The number of phenols is 1. The number of benzene rings is 2. The van der Waals surface area contributed by atoms with Gasteiger partial charge in [-0.2, -0.15) is 9.97 Å². The third-order valence-corrected chi connectivity index (χ3v) is 11.3. The number of hydrogen-bond acceptors (Lipinski definition) is 10. The Bertz CT molecular complexity index is 2090. The highest BCUT2D eigenvalue weighted by atomic mass is 19.1. The average Bonchev–Trinajstić information content (AvgIpc) is 3.67. The van der Waals surface area contributed by atoms with Crippen LogP contribution in [-0.4, -0.2) is 112 Å². The fourth-order valence-corrected chi connectivity index (χ4v) is 8.68. The Kier molecular flexibility index (Phi) is 8.44. The number of anilines is 1. The number of terminal acetylenes is 1. The maximum Gasteiger partial charge on any atom is 0.319 e. The molecule has 3 saturated heterocycles. The number of carbonyl (C=O) groups is 1. The van der Waals surface area contributed by atoms with E-state index in [-0.39, 0.29) is 57.0 Å². The van der Waals surface area contributed by atoms with Gasteiger partial charge in [0, 0.05) is 56.9 Å². The molecule has 0 aliphatic carbocycles. The summed E-state index contributed by atoms with van der Waals surface area (Å²) in [4.78, 5) is 33.7. The molecule has 0 saturated carbocycles. The van der Waals surface area contributed by atoms with Crippen molar-refractivity contribution < 1.29 is 28.2 Å². The average molecular weight is 698 g/mol. The number of rotatable bonds is 2. The molecule has 2 N–H and O–H groups in total. The van der Waals surface area contributed by atoms with E-state index in [1.165, 1.54) is 30.5 Å². The zero-order valence-electron chi connectivity index (χ0n) is 28.8. The lowest BCUT2D eigenvalue weighted by molar-refractivity contribution is -0.132. The molecule has 13 heteroatoms. The number of hydrogen-bond donors (Lipinski definition) is 2. The van der Waals surface area contributed by atoms with Crippen LogP contribution >= 0.6 is 0 Å². The molecule has 4 aliphatic rings. The number of nitrogens with one attached hydrogen (secondary N) is 1. The number of fused-ring (bicyclic) bond motifs is 9. The molecule has 4 aliphatic heterocycles. The van der Waals surface area contributed by atoms with Crippen LogP contribution in [0, 0.1) is 24.0 Å². The summed E-state index contributed by atoms with van der Waals surface area (Å²) < 4.78 is 44.8. The van der Waals surface area contributed by atoms with Crippen molar-refractivity contribution in [1.82, 2.24) is 30.1 Å². The monoisotopic (exact) mass is 697 g/mol. The normalized spacial score (nSPS) is 25.9. The van der Waals surface area contributed by atoms with Gasteiger partial charge in [-0.1, -0.05) is 18.9 Å². The van der Waals surface area contributed by atoms with Crippen LogP contribution in [0.1, 0.15) is 44.6 Å². The van der Waals surface area contributed by atoms with Crippen LogP contribution in [0.2, 0.25) is 0 Å². The lowest BCUT2D eigenvalue weighted by atomic mass is 9.92. The van der Waals surface area contributed by atoms with Gasteiger partial charge in [0.25, 0.3) is 0 Å². The molecule has 266 valence electrons. The van der Waals surface area contributed by atoms with Gasteiger partial charge >= 0.3 is 6.01 Å². The summed E-state index contributed by atoms with van der Waals surface area (Å²) in [5, 5.41) is 15.4. The minimum atomic E-state index is -0.775. The molecule has 51 heavy (non-hydrogen) atoms. The molecule has 0 unspecified atom stereocenters. The molecule has 2 aromatic heterocycles. The van der Waals surface area contributed by atoms with Crippen LogP contribution in [-0.2, 0) is 9.53 Å². The number of halogens is 2. The Hall–Kier alpha value is -4.64. The van der Waals surface area contributed by atoms with Gasteiger partial charge in [-0.05, 0) is 55.8 Å². The number of pyridine rings is 1. The number of carbonyl (C=O) groups excluding carboxylic acids is 1. The van der Waals surface area contributed by atoms with Gasteiger partial charge in [0.2, 0.25) is 5.91 Å². The number of ether oxygens (including phenoxy) is 2. The summed E-state index contributed by atoms with van der Waals surface area (Å²) in [5.41, 5.74) is -0.835. The maximum absolute atomic E-state index is 17.1. The van der Waals surface area contributed by atoms with Crippen molar-refractivity contribution in [3.63, 3.8) is 0 Å². The fourth-order valence-electron chi connectivity index (χ4n) is 8.68. The largest absolute Gasteiger partial charge is 0.508 e. The first-order valence-corrected chi connectivity index (χ1v) is 17.6. The lowest BCUT2D eigenvalue weighted by Gasteiger charge is -2.45. The van der Waals surface area contributed by atoms with E-state index in [0.717, 1.165) is 38.8 Å². The van der Waals surface area contributed by atoms with Crippen molar-refractivity contribution in [3.8, 4) is 35.4 Å². The van der Waals surface area contributed by atoms with Crippen molar-refractivity contribution in [2.75, 3.05) is 64.4 Å². The summed E-state index contributed by atoms with van der Waals surface area (Å²) in [6.07, 6.45) is 10.9. The van der Waals surface area contributed by atoms with Gasteiger partial charge in [0.15, 0.2) is 5.82 Å². The van der Waals surface area contributed by atoms with Crippen LogP contribution in [0.25, 0.3) is 32.9 Å². The second-order valence-corrected chi connectivity index (χ2v) is 14.4. The molecular weight excluding hydrogens is 656 g/mol. The van der Waals surface area contributed by atoms with E-state index in [2.05, 4.69) is 37.9 Å². The summed E-state index contributed by atoms with van der Waals surface area (Å²) in [5.74, 6) is 1.31. The van der Waals surface area contributed by atoms with E-state index < -0.39 is 17.2 Å². The molecule has 1 amide bonds. The first kappa shape index (κ1) is 33.5. The third kappa shape index (κ3) is 5.79. The third-order valence-electron chi connectivity index (χ3n) is 11.3. The van der Waals surface area contributed by atoms with Crippen LogP contribution in [0.3, 0.4) is 0 Å². The summed E-state index contributed by atoms with van der Waals surface area (Å²) in [6.45, 7) is 6.48. The zero-order valence-corrected chi connectivity index (χ0v) is 28.8. The molecule has 0 radical (unpaired) electrons. The van der Waals surface area contributed by atoms with Crippen molar-refractivity contribution in [2.45, 2.75) is 56.2 Å². The SMILES string of the molecule is C#Cc1c(F)ccc2cc(O)cc(-c3ncc4c5nc(nc4c3F)OC[C@@]34CCCN3C[C@H](C4)OCCC(=O)N(C)C[C@@]3(CC)CN5CCN3)c12. The first-order chi connectivity index (χ1) is 24.6. The number of phenolic OH excluding ortho intramolecular Hbond substituents is 1. The molecule has 4 aromatic rings. The van der Waals surface area contributed by atoms with E-state index in [1.807, 2.05) is 7.05 Å². The molecule has 8 rings (SSSR count). The smallest absolute Gasteiger partial charge is 0.319 e. The molecule has 1 spiro atoms. The quantitative estimate of drug-likeness (QED) is 0.295. The van der Waals surface area contributed by atoms with Crippen LogP contribution < -0.4 is 15.0 Å². The van der Waals surface area contributed by atoms with Gasteiger partial charge in [-0.15, -0.1) is 6.42 Å². The number of aromatic nitrogens is 3. The van der Waals surface area contributed by atoms with Crippen LogP contribution in [0.15, 0.2) is 30.5 Å². The molecular formula is C38H41F2N7O4. The minimum Gasteiger partial charge on any atom is -0.508 e. The highest BCUT2D eigenvalue weighted by Gasteiger charge is 2.50. The predicted octanol–water partition coefficient (Wildman–Crippen LogP) is 4.23. The van der Waals surface area contributed by atoms with E-state index in [1.54, 1.807) is 4.90 Å². The lowest BCUT2D eigenvalue weighted by Crippen LogP contribution is -2.65. The van der Waals surface area contributed by atoms with Crippen molar-refractivity contribution in [2.24, 2.45) is 0 Å². The highest BCUT2D eigenvalue weighted by Crippen LogP contribution is 2.42. The van der Waals surface area contributed by atoms with Gasteiger partial charge < -0.3 is 29.7 Å². The Labute approximate surface area is 294 Å². The summed E-state index contributed by atoms with van der Waals surface area (Å²) in [7, 11) is 1.82. The predicted molar refractivity (Wildman–Crippen MR) is 189 cm³/mol. The van der Waals surface area contributed by atoms with E-state index in [0.29, 0.717) is 62.4 Å². The van der Waals surface area contributed by atoms with E-state index in [9.17, 15) is 14.3 Å². The van der Waals surface area contributed by atoms with Crippen molar-refractivity contribution in [3.05, 3.63) is 47.7 Å². The minimum absolute atomic E-state index is 0.0172. The highest BCUT2D eigenvalue weighted by molar-refractivity contribution is 6.03. The second kappa shape index (κ2) is 12.8. The van der Waals surface area contributed by atoms with Crippen molar-refractivity contribution in [1.29, 1.82) is 0 Å². The second-order valence-electron chi connectivity index (χ2n) is 14.4. The summed E-state index contributed by atoms with van der Waals surface area (Å²) >= 11 is 0. The number of aromatic hydroxyl groups is 1. The Morgan fingerprint density at radius 2 is 2.06 bits per heavy atom. The molecule has 11 nitrogen and oxygen atoms in total. The zero-order chi connectivity index (χ0) is 35.5. The van der Waals surface area contributed by atoms with E-state index >= 15 is 4.39 Å². The maximum atomic E-state index is 17.1. The topological polar surface area (TPSA) is 116 Å². The van der Waals surface area contributed by atoms with Crippen LogP contribution in [0.4, 0.5) is 14.6 Å². The summed E-state index contributed by atoms with van der Waals surface area (Å²) in [6, 6.07) is 5.53. The first-order valence-electron chi connectivity index (χ1n) is 17.6. The van der Waals surface area contributed by atoms with Crippen LogP contribution in [0.5, 0.6) is 11.8 Å². The Morgan fingerprint density at radius 1 is 1.20 bits per heavy atom. The van der Waals surface area contributed by atoms with Gasteiger partial charge in [0.1, 0.15) is 35.2 Å². The van der Waals surface area contributed by atoms with Gasteiger partial charge in [0.05, 0.1) is 41.2 Å². The molecule has 6 bridgehead atoms. The Morgan fingerprint density at radius 3 is 2.88 bits per heavy atom. The molecule has 3 atom stereocenters. The number of piperazine rings is 1. The van der Waals surface area contributed by atoms with E-state index in [4.69, 9.17) is 20.9 Å². The molecule has 6 heterocycles. The molecule has 3 fully saturated rings. The number of nitrogens with zero attached hydrogens (tertiary/aromatic N) is 6. The standard InChI is InChI=1S/C38H41F2N7O4/c1-4-26-29(39)8-7-23-15-24(48)16-27(31(23)26)33-32(40)34-28(18-41-33)35-44-36(43-34)51-22-38-10-6-12-47(38)19-25(17-38)50-14-9-30(49)45(3)20-37(5-2)21-46(35)13-11-42-37/h1,7-8,15-16,18,25,42,48H,5-6,9-14,17,19-22H2,2-3H3/t25-,37-,38-/m0/s1. The number of amides is 1. The number of likely N-dealkylation sites (N-methyl/N-ethyl adjacent to an activating group) is 1. The van der Waals surface area contributed by atoms with Crippen molar-refractivity contribution >= 4 is 33.4 Å².